The van der Waals surface area contributed by atoms with Gasteiger partial charge >= 0.3 is 0 Å². The molecule has 1 aliphatic rings. The molecule has 0 saturated heterocycles. The van der Waals surface area contributed by atoms with Crippen molar-refractivity contribution >= 4 is 26.8 Å². The van der Waals surface area contributed by atoms with Crippen molar-refractivity contribution in [3.05, 3.63) is 33.9 Å². The lowest BCUT2D eigenvalue weighted by Gasteiger charge is -2.04. The molecule has 15 heavy (non-hydrogen) atoms. The van der Waals surface area contributed by atoms with Gasteiger partial charge in [0, 0.05) is 16.9 Å². The van der Waals surface area contributed by atoms with Gasteiger partial charge in [0.25, 0.3) is 0 Å². The molecule has 1 heterocycles. The van der Waals surface area contributed by atoms with Crippen LogP contribution >= 0.6 is 15.9 Å². The largest absolute Gasteiger partial charge is 0.332 e. The molecule has 0 bridgehead atoms. The molecule has 78 valence electrons. The van der Waals surface area contributed by atoms with Crippen molar-refractivity contribution in [2.24, 2.45) is 0 Å². The van der Waals surface area contributed by atoms with Crippen LogP contribution in [0.2, 0.25) is 0 Å². The minimum Gasteiger partial charge on any atom is -0.332 e. The van der Waals surface area contributed by atoms with E-state index in [0.717, 1.165) is 6.04 Å². The van der Waals surface area contributed by atoms with Gasteiger partial charge in [0.2, 0.25) is 0 Å². The van der Waals surface area contributed by atoms with Crippen molar-refractivity contribution in [1.29, 1.82) is 0 Å². The summed E-state index contributed by atoms with van der Waals surface area (Å²) in [7, 11) is 0. The standard InChI is InChI=1S/C13H14BrN/c1-8-3-6-11-9(2)13(14)15(10-4-5-10)12(11)7-8/h3,6-7,10H,4-5H2,1-2H3. The summed E-state index contributed by atoms with van der Waals surface area (Å²) in [5.74, 6) is 0. The van der Waals surface area contributed by atoms with Crippen molar-refractivity contribution in [2.45, 2.75) is 32.7 Å². The van der Waals surface area contributed by atoms with Crippen molar-refractivity contribution in [3.8, 4) is 0 Å². The molecule has 1 fully saturated rings. The maximum atomic E-state index is 3.72. The molecule has 1 nitrogen and oxygen atoms in total. The van der Waals surface area contributed by atoms with Crippen molar-refractivity contribution in [1.82, 2.24) is 4.57 Å². The molecule has 2 aromatic rings. The number of rotatable bonds is 1. The number of benzene rings is 1. The molecule has 0 N–H and O–H groups in total. The number of hydrogen-bond acceptors (Lipinski definition) is 0. The van der Waals surface area contributed by atoms with Crippen LogP contribution in [-0.4, -0.2) is 4.57 Å². The first-order valence-electron chi connectivity index (χ1n) is 5.45. The predicted octanol–water partition coefficient (Wildman–Crippen LogP) is 4.36. The Balaban J connectivity index is 2.40. The fourth-order valence-electron chi connectivity index (χ4n) is 2.25. The highest BCUT2D eigenvalue weighted by atomic mass is 79.9. The Morgan fingerprint density at radius 2 is 2.00 bits per heavy atom. The Labute approximate surface area is 98.2 Å². The van der Waals surface area contributed by atoms with Gasteiger partial charge < -0.3 is 4.57 Å². The first-order valence-corrected chi connectivity index (χ1v) is 6.24. The highest BCUT2D eigenvalue weighted by Crippen LogP contribution is 2.43. The van der Waals surface area contributed by atoms with E-state index in [1.807, 2.05) is 0 Å². The van der Waals surface area contributed by atoms with Gasteiger partial charge in [-0.15, -0.1) is 0 Å². The summed E-state index contributed by atoms with van der Waals surface area (Å²) in [4.78, 5) is 0. The summed E-state index contributed by atoms with van der Waals surface area (Å²) >= 11 is 3.72. The molecule has 0 amide bonds. The summed E-state index contributed by atoms with van der Waals surface area (Å²) in [6, 6.07) is 7.46. The maximum Gasteiger partial charge on any atom is 0.0889 e. The van der Waals surface area contributed by atoms with Crippen LogP contribution in [0.4, 0.5) is 0 Å². The van der Waals surface area contributed by atoms with Gasteiger partial charge in [0.05, 0.1) is 4.60 Å². The van der Waals surface area contributed by atoms with E-state index < -0.39 is 0 Å². The lowest BCUT2D eigenvalue weighted by molar-refractivity contribution is 0.755. The number of halogens is 1. The highest BCUT2D eigenvalue weighted by Gasteiger charge is 2.27. The molecule has 2 heteroatoms. The van der Waals surface area contributed by atoms with E-state index in [4.69, 9.17) is 0 Å². The number of aryl methyl sites for hydroxylation is 2. The lowest BCUT2D eigenvalue weighted by atomic mass is 10.1. The first kappa shape index (κ1) is 9.46. The van der Waals surface area contributed by atoms with Crippen LogP contribution < -0.4 is 0 Å². The Kier molecular flexibility index (Phi) is 1.96. The number of nitrogens with zero attached hydrogens (tertiary/aromatic N) is 1. The second-order valence-corrected chi connectivity index (χ2v) is 5.29. The molecule has 1 aromatic heterocycles. The van der Waals surface area contributed by atoms with E-state index in [0.29, 0.717) is 0 Å². The molecule has 1 aliphatic carbocycles. The lowest BCUT2D eigenvalue weighted by Crippen LogP contribution is -1.93. The third-order valence-corrected chi connectivity index (χ3v) is 4.23. The van der Waals surface area contributed by atoms with E-state index in [1.54, 1.807) is 0 Å². The molecular weight excluding hydrogens is 250 g/mol. The third kappa shape index (κ3) is 1.35. The minimum absolute atomic E-state index is 0.734. The van der Waals surface area contributed by atoms with Gasteiger partial charge in [-0.05, 0) is 59.8 Å². The fraction of sp³-hybridized carbons (Fsp3) is 0.385. The van der Waals surface area contributed by atoms with Crippen LogP contribution in [0.15, 0.2) is 22.8 Å². The number of fused-ring (bicyclic) bond motifs is 1. The zero-order chi connectivity index (χ0) is 10.6. The van der Waals surface area contributed by atoms with Crippen molar-refractivity contribution < 1.29 is 0 Å². The monoisotopic (exact) mass is 263 g/mol. The smallest absolute Gasteiger partial charge is 0.0889 e. The van der Waals surface area contributed by atoms with Crippen LogP contribution in [0.25, 0.3) is 10.9 Å². The topological polar surface area (TPSA) is 4.93 Å². The summed E-state index contributed by atoms with van der Waals surface area (Å²) in [5, 5.41) is 1.39. The molecule has 1 saturated carbocycles. The molecule has 0 atom stereocenters. The van der Waals surface area contributed by atoms with E-state index in [1.165, 1.54) is 39.5 Å². The quantitative estimate of drug-likeness (QED) is 0.721. The molecule has 0 radical (unpaired) electrons. The SMILES string of the molecule is Cc1ccc2c(C)c(Br)n(C3CC3)c2c1. The van der Waals surface area contributed by atoms with E-state index in [9.17, 15) is 0 Å². The Bertz CT molecular complexity index is 535. The first-order chi connectivity index (χ1) is 7.18. The minimum atomic E-state index is 0.734. The van der Waals surface area contributed by atoms with Gasteiger partial charge in [-0.1, -0.05) is 12.1 Å². The summed E-state index contributed by atoms with van der Waals surface area (Å²) in [5.41, 5.74) is 4.10. The third-order valence-electron chi connectivity index (χ3n) is 3.25. The van der Waals surface area contributed by atoms with Gasteiger partial charge in [0.1, 0.15) is 0 Å². The normalized spacial score (nSPS) is 16.2. The molecule has 3 rings (SSSR count). The Morgan fingerprint density at radius 1 is 1.27 bits per heavy atom. The summed E-state index contributed by atoms with van der Waals surface area (Å²) < 4.78 is 3.73. The number of hydrogen-bond donors (Lipinski definition) is 0. The molecule has 0 aliphatic heterocycles. The zero-order valence-corrected chi connectivity index (χ0v) is 10.6. The van der Waals surface area contributed by atoms with E-state index >= 15 is 0 Å². The Hall–Kier alpha value is -0.760. The van der Waals surface area contributed by atoms with Crippen molar-refractivity contribution in [3.63, 3.8) is 0 Å². The zero-order valence-electron chi connectivity index (χ0n) is 9.05. The molecular formula is C13H14BrN. The van der Waals surface area contributed by atoms with Crippen LogP contribution in [0.5, 0.6) is 0 Å². The fourth-order valence-corrected chi connectivity index (χ4v) is 2.94. The summed E-state index contributed by atoms with van der Waals surface area (Å²) in [6.45, 7) is 4.35. The second-order valence-electron chi connectivity index (χ2n) is 4.54. The van der Waals surface area contributed by atoms with Crippen LogP contribution in [0.3, 0.4) is 0 Å². The second kappa shape index (κ2) is 3.11. The highest BCUT2D eigenvalue weighted by molar-refractivity contribution is 9.10. The molecule has 0 spiro atoms. The predicted molar refractivity (Wildman–Crippen MR) is 67.4 cm³/mol. The van der Waals surface area contributed by atoms with Gasteiger partial charge in [-0.25, -0.2) is 0 Å². The molecule has 1 aromatic carbocycles. The average Bonchev–Trinajstić information content (AvgIpc) is 2.98. The van der Waals surface area contributed by atoms with E-state index in [-0.39, 0.29) is 0 Å². The van der Waals surface area contributed by atoms with Crippen LogP contribution in [0.1, 0.15) is 30.0 Å². The number of aromatic nitrogens is 1. The average molecular weight is 264 g/mol. The van der Waals surface area contributed by atoms with Gasteiger partial charge in [-0.2, -0.15) is 0 Å². The van der Waals surface area contributed by atoms with Gasteiger partial charge in [0.15, 0.2) is 0 Å². The summed E-state index contributed by atoms with van der Waals surface area (Å²) in [6.07, 6.45) is 2.66. The van der Waals surface area contributed by atoms with E-state index in [2.05, 4.69) is 52.5 Å². The van der Waals surface area contributed by atoms with Crippen molar-refractivity contribution in [2.75, 3.05) is 0 Å². The molecule has 0 unspecified atom stereocenters. The maximum absolute atomic E-state index is 3.72. The Morgan fingerprint density at radius 3 is 2.67 bits per heavy atom. The van der Waals surface area contributed by atoms with Gasteiger partial charge in [-0.3, -0.25) is 0 Å². The van der Waals surface area contributed by atoms with Crippen LogP contribution in [-0.2, 0) is 0 Å². The van der Waals surface area contributed by atoms with Crippen LogP contribution in [0, 0.1) is 13.8 Å².